The van der Waals surface area contributed by atoms with Crippen LogP contribution in [0.2, 0.25) is 0 Å². The minimum absolute atomic E-state index is 0.580. The van der Waals surface area contributed by atoms with Gasteiger partial charge in [-0.15, -0.1) is 0 Å². The molecular formula is C51H31N5O. The maximum Gasteiger partial charge on any atom is 0.164 e. The summed E-state index contributed by atoms with van der Waals surface area (Å²) in [6.07, 6.45) is 0. The van der Waals surface area contributed by atoms with Gasteiger partial charge in [0.1, 0.15) is 5.58 Å². The largest absolute Gasteiger partial charge is 0.454 e. The van der Waals surface area contributed by atoms with Gasteiger partial charge < -0.3 is 13.6 Å². The van der Waals surface area contributed by atoms with Crippen LogP contribution in [-0.4, -0.2) is 24.1 Å². The van der Waals surface area contributed by atoms with Crippen molar-refractivity contribution >= 4 is 65.6 Å². The highest BCUT2D eigenvalue weighted by Gasteiger charge is 2.23. The second-order valence-corrected chi connectivity index (χ2v) is 14.4. The maximum absolute atomic E-state index is 6.83. The maximum atomic E-state index is 6.83. The molecule has 0 saturated heterocycles. The highest BCUT2D eigenvalue weighted by Crippen LogP contribution is 2.42. The minimum atomic E-state index is 0.580. The second kappa shape index (κ2) is 12.3. The normalized spacial score (nSPS) is 11.9. The average Bonchev–Trinajstić information content (AvgIpc) is 3.95. The molecule has 0 spiro atoms. The lowest BCUT2D eigenvalue weighted by Crippen LogP contribution is -2.01. The molecule has 4 aromatic heterocycles. The number of para-hydroxylation sites is 5. The van der Waals surface area contributed by atoms with Crippen molar-refractivity contribution < 1.29 is 4.42 Å². The van der Waals surface area contributed by atoms with Crippen LogP contribution in [0.15, 0.2) is 192 Å². The molecular weight excluding hydrogens is 699 g/mol. The Kier molecular flexibility index (Phi) is 6.83. The molecule has 0 amide bonds. The van der Waals surface area contributed by atoms with Crippen molar-refractivity contribution in [2.24, 2.45) is 0 Å². The van der Waals surface area contributed by atoms with Crippen LogP contribution >= 0.6 is 0 Å². The number of rotatable bonds is 5. The fourth-order valence-corrected chi connectivity index (χ4v) is 8.67. The van der Waals surface area contributed by atoms with Gasteiger partial charge in [-0.2, -0.15) is 0 Å². The third kappa shape index (κ3) is 4.81. The van der Waals surface area contributed by atoms with Crippen molar-refractivity contribution in [2.75, 3.05) is 0 Å². The summed E-state index contributed by atoms with van der Waals surface area (Å²) in [6.45, 7) is 0. The number of furan rings is 1. The van der Waals surface area contributed by atoms with Crippen LogP contribution in [0.1, 0.15) is 0 Å². The van der Waals surface area contributed by atoms with Gasteiger partial charge in [0, 0.05) is 54.7 Å². The first-order valence-electron chi connectivity index (χ1n) is 19.1. The summed E-state index contributed by atoms with van der Waals surface area (Å²) in [6, 6.07) is 65.4. The molecule has 12 aromatic rings. The molecule has 0 unspecified atom stereocenters. The molecule has 0 N–H and O–H groups in total. The molecule has 4 heterocycles. The summed E-state index contributed by atoms with van der Waals surface area (Å²) in [5.74, 6) is 1.79. The number of aromatic nitrogens is 5. The van der Waals surface area contributed by atoms with Gasteiger partial charge in [-0.25, -0.2) is 15.0 Å². The van der Waals surface area contributed by atoms with Crippen LogP contribution in [0.4, 0.5) is 0 Å². The molecule has 0 aliphatic rings. The Labute approximate surface area is 326 Å². The molecule has 0 radical (unpaired) electrons. The van der Waals surface area contributed by atoms with Crippen LogP contribution in [0.25, 0.3) is 111 Å². The third-order valence-corrected chi connectivity index (χ3v) is 11.2. The van der Waals surface area contributed by atoms with E-state index in [1.54, 1.807) is 0 Å². The van der Waals surface area contributed by atoms with Gasteiger partial charge in [-0.05, 0) is 66.7 Å². The topological polar surface area (TPSA) is 61.7 Å². The van der Waals surface area contributed by atoms with E-state index in [9.17, 15) is 0 Å². The number of benzene rings is 8. The molecule has 0 aliphatic carbocycles. The van der Waals surface area contributed by atoms with Crippen molar-refractivity contribution in [3.05, 3.63) is 188 Å². The Morgan fingerprint density at radius 2 is 0.895 bits per heavy atom. The van der Waals surface area contributed by atoms with Gasteiger partial charge in [0.25, 0.3) is 0 Å². The number of nitrogens with zero attached hydrogens (tertiary/aromatic N) is 5. The second-order valence-electron chi connectivity index (χ2n) is 14.4. The van der Waals surface area contributed by atoms with E-state index in [1.807, 2.05) is 42.5 Å². The summed E-state index contributed by atoms with van der Waals surface area (Å²) < 4.78 is 11.5. The number of hydrogen-bond donors (Lipinski definition) is 0. The first-order chi connectivity index (χ1) is 28.3. The van der Waals surface area contributed by atoms with E-state index < -0.39 is 0 Å². The zero-order valence-electron chi connectivity index (χ0n) is 30.5. The van der Waals surface area contributed by atoms with E-state index in [0.29, 0.717) is 17.5 Å². The van der Waals surface area contributed by atoms with Crippen LogP contribution in [0, 0.1) is 0 Å². The van der Waals surface area contributed by atoms with Crippen LogP contribution in [0.5, 0.6) is 0 Å². The molecule has 8 aromatic carbocycles. The summed E-state index contributed by atoms with van der Waals surface area (Å²) in [5, 5.41) is 6.66. The van der Waals surface area contributed by atoms with Gasteiger partial charge >= 0.3 is 0 Å². The van der Waals surface area contributed by atoms with E-state index in [2.05, 4.69) is 155 Å². The summed E-state index contributed by atoms with van der Waals surface area (Å²) in [7, 11) is 0. The molecule has 0 fully saturated rings. The van der Waals surface area contributed by atoms with E-state index in [4.69, 9.17) is 19.4 Å². The first kappa shape index (κ1) is 31.5. The van der Waals surface area contributed by atoms with Gasteiger partial charge in [0.15, 0.2) is 23.1 Å². The van der Waals surface area contributed by atoms with Crippen molar-refractivity contribution in [3.63, 3.8) is 0 Å². The Balaban J connectivity index is 1.12. The average molecular weight is 730 g/mol. The van der Waals surface area contributed by atoms with Gasteiger partial charge in [0.05, 0.1) is 27.8 Å². The molecule has 0 saturated carbocycles. The van der Waals surface area contributed by atoms with Crippen molar-refractivity contribution in [3.8, 4) is 45.5 Å². The van der Waals surface area contributed by atoms with Crippen molar-refractivity contribution in [1.82, 2.24) is 24.1 Å². The fraction of sp³-hybridized carbons (Fsp3) is 0. The Morgan fingerprint density at radius 3 is 1.60 bits per heavy atom. The van der Waals surface area contributed by atoms with Gasteiger partial charge in [0.2, 0.25) is 0 Å². The van der Waals surface area contributed by atoms with Crippen molar-refractivity contribution in [1.29, 1.82) is 0 Å². The van der Waals surface area contributed by atoms with E-state index >= 15 is 0 Å². The zero-order chi connectivity index (χ0) is 37.5. The lowest BCUT2D eigenvalue weighted by atomic mass is 10.0. The van der Waals surface area contributed by atoms with E-state index in [0.717, 1.165) is 77.5 Å². The summed E-state index contributed by atoms with van der Waals surface area (Å²) in [4.78, 5) is 15.7. The smallest absolute Gasteiger partial charge is 0.164 e. The zero-order valence-corrected chi connectivity index (χ0v) is 30.5. The highest BCUT2D eigenvalue weighted by molar-refractivity contribution is 6.16. The third-order valence-electron chi connectivity index (χ3n) is 11.2. The predicted molar refractivity (Wildman–Crippen MR) is 232 cm³/mol. The Bertz CT molecular complexity index is 3470. The number of hydrogen-bond acceptors (Lipinski definition) is 4. The van der Waals surface area contributed by atoms with E-state index in [1.165, 1.54) is 16.2 Å². The van der Waals surface area contributed by atoms with Crippen LogP contribution < -0.4 is 0 Å². The molecule has 0 aliphatic heterocycles. The van der Waals surface area contributed by atoms with E-state index in [-0.39, 0.29) is 0 Å². The fourth-order valence-electron chi connectivity index (χ4n) is 8.67. The standard InChI is InChI=1S/C51H31N5O/c1-3-15-32(16-4-1)49-52-50(33-27-29-44-40(31-33)37-21-9-11-23-41(37)55(44)34-17-5-2-6-18-34)54-51(53-49)39-28-30-45(48-47(39)38-22-10-14-26-46(38)57-48)56-42-24-12-7-19-35(42)36-20-8-13-25-43(36)56/h1-31H. The predicted octanol–water partition coefficient (Wildman–Crippen LogP) is 13.0. The quantitative estimate of drug-likeness (QED) is 0.177. The molecule has 57 heavy (non-hydrogen) atoms. The minimum Gasteiger partial charge on any atom is -0.454 e. The van der Waals surface area contributed by atoms with Crippen LogP contribution in [-0.2, 0) is 0 Å². The molecule has 266 valence electrons. The molecule has 6 heteroatoms. The van der Waals surface area contributed by atoms with Crippen molar-refractivity contribution in [2.45, 2.75) is 0 Å². The Hall–Kier alpha value is -7.83. The van der Waals surface area contributed by atoms with Crippen LogP contribution in [0.3, 0.4) is 0 Å². The summed E-state index contributed by atoms with van der Waals surface area (Å²) in [5.41, 5.74) is 10.9. The molecule has 12 rings (SSSR count). The first-order valence-corrected chi connectivity index (χ1v) is 19.1. The number of fused-ring (bicyclic) bond motifs is 9. The lowest BCUT2D eigenvalue weighted by Gasteiger charge is -2.12. The molecule has 0 bridgehead atoms. The Morgan fingerprint density at radius 1 is 0.368 bits per heavy atom. The molecule has 6 nitrogen and oxygen atoms in total. The molecule has 0 atom stereocenters. The van der Waals surface area contributed by atoms with Gasteiger partial charge in [-0.1, -0.05) is 121 Å². The lowest BCUT2D eigenvalue weighted by molar-refractivity contribution is 0.666. The SMILES string of the molecule is c1ccc(-c2nc(-c3ccc4c(c3)c3ccccc3n4-c3ccccc3)nc(-c3ccc(-n4c5ccccc5c5ccccc54)c4oc5ccccc5c34)n2)cc1. The monoisotopic (exact) mass is 729 g/mol. The summed E-state index contributed by atoms with van der Waals surface area (Å²) >= 11 is 0. The highest BCUT2D eigenvalue weighted by atomic mass is 16.3. The van der Waals surface area contributed by atoms with Gasteiger partial charge in [-0.3, -0.25) is 0 Å².